The average Bonchev–Trinajstić information content (AvgIpc) is 3.18. The third-order valence-corrected chi connectivity index (χ3v) is 3.50. The van der Waals surface area contributed by atoms with Gasteiger partial charge in [-0.05, 0) is 24.8 Å². The van der Waals surface area contributed by atoms with Crippen molar-refractivity contribution in [2.24, 2.45) is 13.0 Å². The Hall–Kier alpha value is -2.37. The van der Waals surface area contributed by atoms with E-state index in [2.05, 4.69) is 15.3 Å². The number of aromatic hydroxyl groups is 1. The molecule has 104 valence electrons. The fraction of sp³-hybridized carbons (Fsp3) is 0.357. The van der Waals surface area contributed by atoms with Crippen LogP contribution in [0.4, 0.5) is 0 Å². The fourth-order valence-corrected chi connectivity index (χ4v) is 2.28. The van der Waals surface area contributed by atoms with Gasteiger partial charge in [-0.25, -0.2) is 4.98 Å². The summed E-state index contributed by atoms with van der Waals surface area (Å²) in [6, 6.07) is 1.31. The maximum absolute atomic E-state index is 12.2. The van der Waals surface area contributed by atoms with Gasteiger partial charge in [-0.2, -0.15) is 0 Å². The van der Waals surface area contributed by atoms with Crippen molar-refractivity contribution in [3.63, 3.8) is 0 Å². The summed E-state index contributed by atoms with van der Waals surface area (Å²) >= 11 is 0. The Balaban J connectivity index is 1.81. The smallest absolute Gasteiger partial charge is 0.253 e. The van der Waals surface area contributed by atoms with Crippen LogP contribution in [0.3, 0.4) is 0 Å². The zero-order valence-corrected chi connectivity index (χ0v) is 11.2. The molecule has 2 aromatic rings. The van der Waals surface area contributed by atoms with Crippen LogP contribution in [-0.2, 0) is 7.05 Å². The summed E-state index contributed by atoms with van der Waals surface area (Å²) in [5.74, 6) is 1.03. The maximum atomic E-state index is 12.2. The number of nitrogens with one attached hydrogen (secondary N) is 1. The summed E-state index contributed by atoms with van der Waals surface area (Å²) in [4.78, 5) is 20.4. The molecular formula is C14H16N4O2. The van der Waals surface area contributed by atoms with Gasteiger partial charge in [0, 0.05) is 25.6 Å². The second kappa shape index (κ2) is 4.96. The van der Waals surface area contributed by atoms with Crippen LogP contribution >= 0.6 is 0 Å². The number of nitrogens with zero attached hydrogens (tertiary/aromatic N) is 3. The molecule has 2 aromatic heterocycles. The first kappa shape index (κ1) is 12.7. The third kappa shape index (κ3) is 2.49. The molecule has 0 saturated heterocycles. The Morgan fingerprint density at radius 3 is 2.90 bits per heavy atom. The predicted molar refractivity (Wildman–Crippen MR) is 72.0 cm³/mol. The van der Waals surface area contributed by atoms with Crippen LogP contribution in [0.5, 0.6) is 5.75 Å². The second-order valence-electron chi connectivity index (χ2n) is 5.12. The average molecular weight is 272 g/mol. The highest BCUT2D eigenvalue weighted by Crippen LogP contribution is 2.40. The Morgan fingerprint density at radius 1 is 1.50 bits per heavy atom. The van der Waals surface area contributed by atoms with Gasteiger partial charge in [0.05, 0.1) is 17.8 Å². The number of carbonyl (C=O) groups excluding carboxylic acids is 1. The minimum atomic E-state index is -0.242. The molecule has 1 unspecified atom stereocenters. The number of rotatable bonds is 4. The van der Waals surface area contributed by atoms with Crippen LogP contribution in [0.1, 0.15) is 35.1 Å². The minimum Gasteiger partial charge on any atom is -0.506 e. The normalized spacial score (nSPS) is 15.8. The summed E-state index contributed by atoms with van der Waals surface area (Å²) in [6.07, 6.45) is 8.52. The summed E-state index contributed by atoms with van der Waals surface area (Å²) in [5.41, 5.74) is 0.352. The molecular weight excluding hydrogens is 256 g/mol. The van der Waals surface area contributed by atoms with Crippen molar-refractivity contribution in [1.29, 1.82) is 0 Å². The molecule has 1 fully saturated rings. The van der Waals surface area contributed by atoms with Gasteiger partial charge >= 0.3 is 0 Å². The monoisotopic (exact) mass is 272 g/mol. The largest absolute Gasteiger partial charge is 0.506 e. The van der Waals surface area contributed by atoms with Gasteiger partial charge in [0.1, 0.15) is 11.6 Å². The van der Waals surface area contributed by atoms with E-state index in [1.165, 1.54) is 18.5 Å². The van der Waals surface area contributed by atoms with Gasteiger partial charge in [0.2, 0.25) is 0 Å². The summed E-state index contributed by atoms with van der Waals surface area (Å²) < 4.78 is 1.92. The number of aromatic nitrogens is 3. The molecule has 0 bridgehead atoms. The van der Waals surface area contributed by atoms with E-state index >= 15 is 0 Å². The molecule has 2 N–H and O–H groups in total. The van der Waals surface area contributed by atoms with Crippen molar-refractivity contribution in [2.45, 2.75) is 18.9 Å². The van der Waals surface area contributed by atoms with Crippen LogP contribution in [0.15, 0.2) is 30.9 Å². The molecule has 1 aliphatic rings. The zero-order chi connectivity index (χ0) is 14.1. The second-order valence-corrected chi connectivity index (χ2v) is 5.12. The summed E-state index contributed by atoms with van der Waals surface area (Å²) in [6.45, 7) is 0. The van der Waals surface area contributed by atoms with Gasteiger partial charge in [0.15, 0.2) is 0 Å². The van der Waals surface area contributed by atoms with Gasteiger partial charge in [-0.1, -0.05) is 0 Å². The number of pyridine rings is 1. The minimum absolute atomic E-state index is 0.0161. The van der Waals surface area contributed by atoms with E-state index in [0.29, 0.717) is 11.5 Å². The summed E-state index contributed by atoms with van der Waals surface area (Å²) in [7, 11) is 1.92. The SMILES string of the molecule is Cn1ccnc1C(NC(=O)c1cncc(O)c1)C1CC1. The molecule has 1 saturated carbocycles. The molecule has 1 atom stereocenters. The first-order chi connectivity index (χ1) is 9.65. The van der Waals surface area contributed by atoms with Crippen LogP contribution in [-0.4, -0.2) is 25.5 Å². The number of imidazole rings is 1. The highest BCUT2D eigenvalue weighted by molar-refractivity contribution is 5.94. The molecule has 0 aromatic carbocycles. The van der Waals surface area contributed by atoms with E-state index in [4.69, 9.17) is 0 Å². The molecule has 2 heterocycles. The standard InChI is InChI=1S/C14H16N4O2/c1-18-5-4-16-13(18)12(9-2-3-9)17-14(20)10-6-11(19)8-15-7-10/h4-9,12,19H,2-3H2,1H3,(H,17,20). The van der Waals surface area contributed by atoms with Crippen molar-refractivity contribution in [2.75, 3.05) is 0 Å². The molecule has 0 radical (unpaired) electrons. The van der Waals surface area contributed by atoms with Crippen LogP contribution in [0, 0.1) is 5.92 Å². The molecule has 20 heavy (non-hydrogen) atoms. The summed E-state index contributed by atoms with van der Waals surface area (Å²) in [5, 5.41) is 12.4. The molecule has 6 nitrogen and oxygen atoms in total. The van der Waals surface area contributed by atoms with E-state index in [0.717, 1.165) is 18.7 Å². The molecule has 0 aliphatic heterocycles. The molecule has 6 heteroatoms. The van der Waals surface area contributed by atoms with Gasteiger partial charge < -0.3 is 15.0 Å². The van der Waals surface area contributed by atoms with E-state index in [-0.39, 0.29) is 17.7 Å². The molecule has 0 spiro atoms. The number of aryl methyl sites for hydroxylation is 1. The highest BCUT2D eigenvalue weighted by Gasteiger charge is 2.35. The molecule has 3 rings (SSSR count). The van der Waals surface area contributed by atoms with Crippen molar-refractivity contribution in [3.05, 3.63) is 42.2 Å². The Labute approximate surface area is 116 Å². The van der Waals surface area contributed by atoms with Crippen molar-refractivity contribution < 1.29 is 9.90 Å². The van der Waals surface area contributed by atoms with E-state index < -0.39 is 0 Å². The topological polar surface area (TPSA) is 80.0 Å². The Bertz CT molecular complexity index is 634. The number of amides is 1. The van der Waals surface area contributed by atoms with Crippen LogP contribution < -0.4 is 5.32 Å². The van der Waals surface area contributed by atoms with Crippen molar-refractivity contribution >= 4 is 5.91 Å². The first-order valence-electron chi connectivity index (χ1n) is 6.57. The van der Waals surface area contributed by atoms with E-state index in [1.54, 1.807) is 6.20 Å². The Kier molecular flexibility index (Phi) is 3.14. The lowest BCUT2D eigenvalue weighted by atomic mass is 10.1. The van der Waals surface area contributed by atoms with Gasteiger partial charge in [-0.15, -0.1) is 0 Å². The van der Waals surface area contributed by atoms with E-state index in [9.17, 15) is 9.90 Å². The van der Waals surface area contributed by atoms with Crippen LogP contribution in [0.25, 0.3) is 0 Å². The lowest BCUT2D eigenvalue weighted by Crippen LogP contribution is -2.31. The van der Waals surface area contributed by atoms with E-state index in [1.807, 2.05) is 17.8 Å². The number of hydrogen-bond acceptors (Lipinski definition) is 4. The van der Waals surface area contributed by atoms with Gasteiger partial charge in [-0.3, -0.25) is 9.78 Å². The van der Waals surface area contributed by atoms with Crippen molar-refractivity contribution in [1.82, 2.24) is 19.9 Å². The first-order valence-corrected chi connectivity index (χ1v) is 6.57. The van der Waals surface area contributed by atoms with Gasteiger partial charge in [0.25, 0.3) is 5.91 Å². The lowest BCUT2D eigenvalue weighted by Gasteiger charge is -2.18. The quantitative estimate of drug-likeness (QED) is 0.881. The number of hydrogen-bond donors (Lipinski definition) is 2. The van der Waals surface area contributed by atoms with Crippen molar-refractivity contribution in [3.8, 4) is 5.75 Å². The van der Waals surface area contributed by atoms with Crippen LogP contribution in [0.2, 0.25) is 0 Å². The maximum Gasteiger partial charge on any atom is 0.253 e. The third-order valence-electron chi connectivity index (χ3n) is 3.50. The lowest BCUT2D eigenvalue weighted by molar-refractivity contribution is 0.0928. The molecule has 1 aliphatic carbocycles. The Morgan fingerprint density at radius 2 is 2.30 bits per heavy atom. The zero-order valence-electron chi connectivity index (χ0n) is 11.2. The highest BCUT2D eigenvalue weighted by atomic mass is 16.3. The predicted octanol–water partition coefficient (Wildman–Crippen LogP) is 1.40. The fourth-order valence-electron chi connectivity index (χ4n) is 2.28. The molecule has 1 amide bonds. The number of carbonyl (C=O) groups is 1.